The van der Waals surface area contributed by atoms with E-state index in [1.54, 1.807) is 32.0 Å². The number of hydrogen-bond donors (Lipinski definition) is 1. The van der Waals surface area contributed by atoms with Gasteiger partial charge in [-0.1, -0.05) is 30.7 Å². The first-order valence-electron chi connectivity index (χ1n) is 11.2. The number of carbonyl (C=O) groups is 1. The summed E-state index contributed by atoms with van der Waals surface area (Å²) < 4.78 is 2.02. The van der Waals surface area contributed by atoms with Gasteiger partial charge in [-0.3, -0.25) is 14.3 Å². The molecule has 2 aromatic carbocycles. The van der Waals surface area contributed by atoms with Gasteiger partial charge in [0.2, 0.25) is 0 Å². The van der Waals surface area contributed by atoms with Crippen molar-refractivity contribution in [2.24, 2.45) is 0 Å². The molecule has 2 heterocycles. The monoisotopic (exact) mass is 496 g/mol. The van der Waals surface area contributed by atoms with Crippen molar-refractivity contribution in [1.82, 2.24) is 19.4 Å². The summed E-state index contributed by atoms with van der Waals surface area (Å²) in [6.45, 7) is 7.55. The Labute approximate surface area is 208 Å². The van der Waals surface area contributed by atoms with Crippen molar-refractivity contribution in [3.8, 4) is 16.1 Å². The van der Waals surface area contributed by atoms with E-state index in [2.05, 4.69) is 22.9 Å². The van der Waals surface area contributed by atoms with E-state index in [1.165, 1.54) is 11.3 Å². The van der Waals surface area contributed by atoms with Crippen molar-refractivity contribution in [3.63, 3.8) is 0 Å². The lowest BCUT2D eigenvalue weighted by atomic mass is 10.1. The van der Waals surface area contributed by atoms with E-state index >= 15 is 0 Å². The van der Waals surface area contributed by atoms with Crippen LogP contribution in [0.15, 0.2) is 36.4 Å². The number of nitrogens with zero attached hydrogens (tertiary/aromatic N) is 4. The number of benzene rings is 2. The molecule has 34 heavy (non-hydrogen) atoms. The lowest BCUT2D eigenvalue weighted by Gasteiger charge is -2.24. The summed E-state index contributed by atoms with van der Waals surface area (Å²) in [6, 6.07) is 11.5. The second-order valence-electron chi connectivity index (χ2n) is 9.18. The largest absolute Gasteiger partial charge is 0.383 e. The molecule has 0 spiro atoms. The highest BCUT2D eigenvalue weighted by Crippen LogP contribution is 2.38. The van der Waals surface area contributed by atoms with E-state index in [9.17, 15) is 9.90 Å². The number of halogens is 1. The number of imidazole rings is 1. The Hall–Kier alpha value is -2.58. The molecular weight excluding hydrogens is 468 g/mol. The Morgan fingerprint density at radius 1 is 1.24 bits per heavy atom. The van der Waals surface area contributed by atoms with Crippen LogP contribution in [-0.2, 0) is 5.60 Å². The molecule has 4 aromatic rings. The summed E-state index contributed by atoms with van der Waals surface area (Å²) in [7, 11) is 4.05. The highest BCUT2D eigenvalue weighted by atomic mass is 35.5. The van der Waals surface area contributed by atoms with Crippen LogP contribution >= 0.6 is 22.9 Å². The minimum absolute atomic E-state index is 0.0264. The molecule has 0 bridgehead atoms. The van der Waals surface area contributed by atoms with Gasteiger partial charge in [0, 0.05) is 5.56 Å². The summed E-state index contributed by atoms with van der Waals surface area (Å²) in [5, 5.41) is 11.6. The molecule has 1 atom stereocenters. The summed E-state index contributed by atoms with van der Waals surface area (Å²) in [5.41, 5.74) is 3.64. The van der Waals surface area contributed by atoms with Gasteiger partial charge in [-0.15, -0.1) is 11.3 Å². The van der Waals surface area contributed by atoms with Crippen molar-refractivity contribution in [1.29, 1.82) is 0 Å². The predicted molar refractivity (Wildman–Crippen MR) is 139 cm³/mol. The fraction of sp³-hybridized carbons (Fsp3) is 0.346. The van der Waals surface area contributed by atoms with E-state index in [1.807, 2.05) is 37.7 Å². The third-order valence-corrected chi connectivity index (χ3v) is 7.76. The van der Waals surface area contributed by atoms with Crippen LogP contribution < -0.4 is 0 Å². The van der Waals surface area contributed by atoms with Gasteiger partial charge in [-0.05, 0) is 71.1 Å². The van der Waals surface area contributed by atoms with Crippen LogP contribution in [0.2, 0.25) is 5.02 Å². The maximum Gasteiger partial charge on any atom is 0.152 e. The topological polar surface area (TPSA) is 71.2 Å². The molecular formula is C26H29ClN4O2S. The lowest BCUT2D eigenvalue weighted by molar-refractivity contribution is 0.0781. The van der Waals surface area contributed by atoms with E-state index in [0.717, 1.165) is 45.7 Å². The number of aldehydes is 1. The van der Waals surface area contributed by atoms with Gasteiger partial charge < -0.3 is 5.11 Å². The standard InChI is InChI=1S/C26H29ClN4O2S/c1-7-20(30(5)6)24-29-19-12-11-16(23-15(2)28-25(34-23)26(3,4)33)13-21(19)31(24)22-17(14-32)9-8-10-18(22)27/h8-14,20,33H,7H2,1-6H3. The zero-order chi connectivity index (χ0) is 24.8. The molecule has 1 unspecified atom stereocenters. The molecule has 1 N–H and O–H groups in total. The minimum Gasteiger partial charge on any atom is -0.383 e. The van der Waals surface area contributed by atoms with Crippen LogP contribution in [0.5, 0.6) is 0 Å². The van der Waals surface area contributed by atoms with Gasteiger partial charge in [-0.2, -0.15) is 0 Å². The first-order valence-corrected chi connectivity index (χ1v) is 12.4. The number of carbonyl (C=O) groups excluding carboxylic acids is 1. The molecule has 0 amide bonds. The van der Waals surface area contributed by atoms with Gasteiger partial charge in [0.05, 0.1) is 38.4 Å². The number of aryl methyl sites for hydroxylation is 1. The van der Waals surface area contributed by atoms with E-state index in [4.69, 9.17) is 16.6 Å². The summed E-state index contributed by atoms with van der Waals surface area (Å²) in [6.07, 6.45) is 1.67. The molecule has 0 aliphatic carbocycles. The number of thiazole rings is 1. The van der Waals surface area contributed by atoms with Crippen LogP contribution in [0.4, 0.5) is 0 Å². The average Bonchev–Trinajstić information content (AvgIpc) is 3.34. The average molecular weight is 497 g/mol. The van der Waals surface area contributed by atoms with Crippen molar-refractivity contribution in [2.45, 2.75) is 45.8 Å². The van der Waals surface area contributed by atoms with Gasteiger partial charge in [0.15, 0.2) is 6.29 Å². The Morgan fingerprint density at radius 3 is 2.56 bits per heavy atom. The highest BCUT2D eigenvalue weighted by molar-refractivity contribution is 7.15. The first-order chi connectivity index (χ1) is 16.1. The van der Waals surface area contributed by atoms with Gasteiger partial charge in [0.25, 0.3) is 0 Å². The summed E-state index contributed by atoms with van der Waals surface area (Å²) in [4.78, 5) is 24.7. The zero-order valence-corrected chi connectivity index (χ0v) is 21.8. The van der Waals surface area contributed by atoms with Crippen molar-refractivity contribution in [2.75, 3.05) is 14.1 Å². The number of hydrogen-bond acceptors (Lipinski definition) is 6. The first kappa shape index (κ1) is 24.5. The Bertz CT molecular complexity index is 1370. The smallest absolute Gasteiger partial charge is 0.152 e. The fourth-order valence-electron chi connectivity index (χ4n) is 4.26. The Balaban J connectivity index is 2.04. The number of para-hydroxylation sites is 1. The molecule has 6 nitrogen and oxygen atoms in total. The number of aromatic nitrogens is 3. The highest BCUT2D eigenvalue weighted by Gasteiger charge is 2.26. The van der Waals surface area contributed by atoms with Crippen molar-refractivity contribution >= 4 is 40.3 Å². The van der Waals surface area contributed by atoms with E-state index < -0.39 is 5.60 Å². The predicted octanol–water partition coefficient (Wildman–Crippen LogP) is 6.16. The number of rotatable bonds is 7. The Morgan fingerprint density at radius 2 is 1.97 bits per heavy atom. The minimum atomic E-state index is -1.01. The SMILES string of the molecule is CCC(c1nc2ccc(-c3sc(C(C)(C)O)nc3C)cc2n1-c1c(Cl)cccc1C=O)N(C)C. The molecule has 178 valence electrons. The second kappa shape index (κ2) is 9.23. The molecule has 0 aliphatic rings. The zero-order valence-electron chi connectivity index (χ0n) is 20.3. The van der Waals surface area contributed by atoms with Gasteiger partial charge in [0.1, 0.15) is 16.4 Å². The van der Waals surface area contributed by atoms with Crippen molar-refractivity contribution in [3.05, 3.63) is 63.5 Å². The fourth-order valence-corrected chi connectivity index (χ4v) is 5.59. The molecule has 0 radical (unpaired) electrons. The third-order valence-electron chi connectivity index (χ3n) is 5.94. The van der Waals surface area contributed by atoms with Crippen LogP contribution in [0.1, 0.15) is 60.1 Å². The number of fused-ring (bicyclic) bond motifs is 1. The van der Waals surface area contributed by atoms with Crippen LogP contribution in [0.25, 0.3) is 27.2 Å². The molecule has 0 aliphatic heterocycles. The molecule has 2 aromatic heterocycles. The van der Waals surface area contributed by atoms with Gasteiger partial charge >= 0.3 is 0 Å². The molecule has 4 rings (SSSR count). The second-order valence-corrected chi connectivity index (χ2v) is 10.6. The maximum atomic E-state index is 12.0. The number of aliphatic hydroxyl groups is 1. The third kappa shape index (κ3) is 4.29. The quantitative estimate of drug-likeness (QED) is 0.310. The molecule has 0 fully saturated rings. The summed E-state index contributed by atoms with van der Waals surface area (Å²) >= 11 is 8.16. The van der Waals surface area contributed by atoms with E-state index in [-0.39, 0.29) is 6.04 Å². The van der Waals surface area contributed by atoms with E-state index in [0.29, 0.717) is 21.3 Å². The van der Waals surface area contributed by atoms with Crippen molar-refractivity contribution < 1.29 is 9.90 Å². The molecule has 0 saturated heterocycles. The maximum absolute atomic E-state index is 12.0. The lowest BCUT2D eigenvalue weighted by Crippen LogP contribution is -2.23. The Kier molecular flexibility index (Phi) is 6.66. The summed E-state index contributed by atoms with van der Waals surface area (Å²) in [5.74, 6) is 0.828. The van der Waals surface area contributed by atoms with Crippen LogP contribution in [-0.4, -0.2) is 44.9 Å². The normalized spacial score (nSPS) is 13.1. The van der Waals surface area contributed by atoms with Crippen LogP contribution in [0.3, 0.4) is 0 Å². The molecule has 0 saturated carbocycles. The molecule has 8 heteroatoms. The van der Waals surface area contributed by atoms with Gasteiger partial charge in [-0.25, -0.2) is 9.97 Å². The van der Waals surface area contributed by atoms with Crippen LogP contribution in [0, 0.1) is 6.92 Å².